The Morgan fingerprint density at radius 3 is 2.37 bits per heavy atom. The number of nitrogens with zero attached hydrogens (tertiary/aromatic N) is 2. The summed E-state index contributed by atoms with van der Waals surface area (Å²) >= 11 is 0. The number of amides is 1. The van der Waals surface area contributed by atoms with Crippen molar-refractivity contribution in [1.29, 1.82) is 0 Å². The van der Waals surface area contributed by atoms with Crippen LogP contribution in [0.4, 0.5) is 0 Å². The van der Waals surface area contributed by atoms with Crippen molar-refractivity contribution in [2.75, 3.05) is 47.4 Å². The van der Waals surface area contributed by atoms with E-state index in [2.05, 4.69) is 11.8 Å². The van der Waals surface area contributed by atoms with Crippen LogP contribution < -0.4 is 5.73 Å². The highest BCUT2D eigenvalue weighted by atomic mass is 16.5. The Kier molecular flexibility index (Phi) is 9.83. The third kappa shape index (κ3) is 7.50. The van der Waals surface area contributed by atoms with Gasteiger partial charge in [0.2, 0.25) is 5.91 Å². The molecule has 0 saturated heterocycles. The standard InChI is InChI=1S/C14H31N3O2/c1-6-12(2)13(15)14(18)17(10-11-19-5)9-7-8-16(3)4/h12-13H,6-11,15H2,1-5H3/t12-,13-/m0/s1. The summed E-state index contributed by atoms with van der Waals surface area (Å²) in [6, 6.07) is -0.402. The van der Waals surface area contributed by atoms with E-state index in [9.17, 15) is 4.79 Å². The monoisotopic (exact) mass is 273 g/mol. The van der Waals surface area contributed by atoms with Gasteiger partial charge in [-0.1, -0.05) is 20.3 Å². The van der Waals surface area contributed by atoms with E-state index in [0.717, 1.165) is 25.9 Å². The molecular formula is C14H31N3O2. The van der Waals surface area contributed by atoms with Crippen molar-refractivity contribution < 1.29 is 9.53 Å². The van der Waals surface area contributed by atoms with Gasteiger partial charge in [0, 0.05) is 20.2 Å². The molecule has 19 heavy (non-hydrogen) atoms. The molecule has 1 amide bonds. The minimum Gasteiger partial charge on any atom is -0.383 e. The Morgan fingerprint density at radius 1 is 1.26 bits per heavy atom. The van der Waals surface area contributed by atoms with E-state index in [1.165, 1.54) is 0 Å². The third-order valence-corrected chi connectivity index (χ3v) is 3.45. The summed E-state index contributed by atoms with van der Waals surface area (Å²) in [5, 5.41) is 0. The molecular weight excluding hydrogens is 242 g/mol. The fourth-order valence-electron chi connectivity index (χ4n) is 1.82. The van der Waals surface area contributed by atoms with E-state index in [1.807, 2.05) is 25.9 Å². The van der Waals surface area contributed by atoms with Gasteiger partial charge in [-0.3, -0.25) is 4.79 Å². The molecule has 0 bridgehead atoms. The molecule has 114 valence electrons. The number of rotatable bonds is 10. The second kappa shape index (κ2) is 10.2. The lowest BCUT2D eigenvalue weighted by Crippen LogP contribution is -2.48. The largest absolute Gasteiger partial charge is 0.383 e. The summed E-state index contributed by atoms with van der Waals surface area (Å²) in [5.74, 6) is 0.261. The zero-order valence-corrected chi connectivity index (χ0v) is 13.2. The average molecular weight is 273 g/mol. The zero-order chi connectivity index (χ0) is 14.8. The molecule has 0 heterocycles. The highest BCUT2D eigenvalue weighted by Gasteiger charge is 2.24. The molecule has 0 fully saturated rings. The average Bonchev–Trinajstić information content (AvgIpc) is 2.39. The normalized spacial score (nSPS) is 14.5. The van der Waals surface area contributed by atoms with Crippen molar-refractivity contribution in [3.05, 3.63) is 0 Å². The maximum absolute atomic E-state index is 12.4. The van der Waals surface area contributed by atoms with Gasteiger partial charge in [-0.05, 0) is 33.0 Å². The molecule has 5 nitrogen and oxygen atoms in total. The van der Waals surface area contributed by atoms with Crippen LogP contribution in [0.1, 0.15) is 26.7 Å². The van der Waals surface area contributed by atoms with E-state index >= 15 is 0 Å². The van der Waals surface area contributed by atoms with Crippen LogP contribution in [0.2, 0.25) is 0 Å². The molecule has 0 radical (unpaired) electrons. The van der Waals surface area contributed by atoms with Gasteiger partial charge in [0.25, 0.3) is 0 Å². The predicted molar refractivity (Wildman–Crippen MR) is 79.1 cm³/mol. The van der Waals surface area contributed by atoms with Gasteiger partial charge in [0.05, 0.1) is 12.6 Å². The summed E-state index contributed by atoms with van der Waals surface area (Å²) in [5.41, 5.74) is 6.03. The fourth-order valence-corrected chi connectivity index (χ4v) is 1.82. The smallest absolute Gasteiger partial charge is 0.239 e. The molecule has 0 aliphatic heterocycles. The number of nitrogens with two attached hydrogens (primary N) is 1. The lowest BCUT2D eigenvalue weighted by Gasteiger charge is -2.28. The molecule has 0 rings (SSSR count). The first-order valence-corrected chi connectivity index (χ1v) is 7.12. The lowest BCUT2D eigenvalue weighted by atomic mass is 9.99. The Balaban J connectivity index is 4.41. The molecule has 0 aliphatic carbocycles. The summed E-state index contributed by atoms with van der Waals surface area (Å²) in [6.45, 7) is 6.97. The summed E-state index contributed by atoms with van der Waals surface area (Å²) in [4.78, 5) is 16.3. The summed E-state index contributed by atoms with van der Waals surface area (Å²) < 4.78 is 5.07. The highest BCUT2D eigenvalue weighted by Crippen LogP contribution is 2.09. The Labute approximate surface area is 118 Å². The summed E-state index contributed by atoms with van der Waals surface area (Å²) in [7, 11) is 5.72. The number of methoxy groups -OCH3 is 1. The van der Waals surface area contributed by atoms with E-state index in [4.69, 9.17) is 10.5 Å². The fraction of sp³-hybridized carbons (Fsp3) is 0.929. The van der Waals surface area contributed by atoms with Gasteiger partial charge < -0.3 is 20.3 Å². The van der Waals surface area contributed by atoms with Crippen LogP contribution in [0.15, 0.2) is 0 Å². The molecule has 0 unspecified atom stereocenters. The SMILES string of the molecule is CC[C@H](C)[C@H](N)C(=O)N(CCCN(C)C)CCOC. The third-order valence-electron chi connectivity index (χ3n) is 3.45. The van der Waals surface area contributed by atoms with Crippen LogP contribution in [-0.4, -0.2) is 69.2 Å². The molecule has 2 atom stereocenters. The van der Waals surface area contributed by atoms with Crippen LogP contribution in [-0.2, 0) is 9.53 Å². The number of hydrogen-bond donors (Lipinski definition) is 1. The predicted octanol–water partition coefficient (Wildman–Crippen LogP) is 0.787. The number of ether oxygens (including phenoxy) is 1. The van der Waals surface area contributed by atoms with E-state index in [1.54, 1.807) is 7.11 Å². The van der Waals surface area contributed by atoms with Crippen LogP contribution >= 0.6 is 0 Å². The number of hydrogen-bond acceptors (Lipinski definition) is 4. The molecule has 0 aromatic rings. The molecule has 2 N–H and O–H groups in total. The van der Waals surface area contributed by atoms with E-state index < -0.39 is 6.04 Å². The van der Waals surface area contributed by atoms with Crippen molar-refractivity contribution >= 4 is 5.91 Å². The van der Waals surface area contributed by atoms with Gasteiger partial charge in [-0.15, -0.1) is 0 Å². The first kappa shape index (κ1) is 18.4. The van der Waals surface area contributed by atoms with E-state index in [-0.39, 0.29) is 11.8 Å². The van der Waals surface area contributed by atoms with Crippen molar-refractivity contribution in [2.45, 2.75) is 32.7 Å². The van der Waals surface area contributed by atoms with Crippen LogP contribution in [0.5, 0.6) is 0 Å². The number of carbonyl (C=O) groups excluding carboxylic acids is 1. The summed E-state index contributed by atoms with van der Waals surface area (Å²) in [6.07, 6.45) is 1.87. The Morgan fingerprint density at radius 2 is 1.89 bits per heavy atom. The molecule has 0 aromatic carbocycles. The minimum absolute atomic E-state index is 0.0464. The van der Waals surface area contributed by atoms with Crippen molar-refractivity contribution in [2.24, 2.45) is 11.7 Å². The molecule has 0 saturated carbocycles. The second-order valence-corrected chi connectivity index (χ2v) is 5.39. The van der Waals surface area contributed by atoms with Gasteiger partial charge in [-0.2, -0.15) is 0 Å². The molecule has 0 aromatic heterocycles. The molecule has 0 spiro atoms. The van der Waals surface area contributed by atoms with Crippen LogP contribution in [0, 0.1) is 5.92 Å². The van der Waals surface area contributed by atoms with Gasteiger partial charge in [-0.25, -0.2) is 0 Å². The van der Waals surface area contributed by atoms with E-state index in [0.29, 0.717) is 13.2 Å². The maximum Gasteiger partial charge on any atom is 0.239 e. The Bertz CT molecular complexity index is 247. The van der Waals surface area contributed by atoms with Gasteiger partial charge in [0.1, 0.15) is 0 Å². The molecule has 0 aliphatic rings. The quantitative estimate of drug-likeness (QED) is 0.639. The first-order chi connectivity index (χ1) is 8.93. The first-order valence-electron chi connectivity index (χ1n) is 7.12. The van der Waals surface area contributed by atoms with Crippen molar-refractivity contribution in [1.82, 2.24) is 9.80 Å². The van der Waals surface area contributed by atoms with Gasteiger partial charge in [0.15, 0.2) is 0 Å². The topological polar surface area (TPSA) is 58.8 Å². The Hall–Kier alpha value is -0.650. The van der Waals surface area contributed by atoms with Gasteiger partial charge >= 0.3 is 0 Å². The molecule has 5 heteroatoms. The van der Waals surface area contributed by atoms with Crippen LogP contribution in [0.25, 0.3) is 0 Å². The van der Waals surface area contributed by atoms with Crippen molar-refractivity contribution in [3.63, 3.8) is 0 Å². The van der Waals surface area contributed by atoms with Crippen molar-refractivity contribution in [3.8, 4) is 0 Å². The number of carbonyl (C=O) groups is 1. The maximum atomic E-state index is 12.4. The highest BCUT2D eigenvalue weighted by molar-refractivity contribution is 5.81. The zero-order valence-electron chi connectivity index (χ0n) is 13.2. The lowest BCUT2D eigenvalue weighted by molar-refractivity contribution is -0.134. The second-order valence-electron chi connectivity index (χ2n) is 5.39. The van der Waals surface area contributed by atoms with Crippen LogP contribution in [0.3, 0.4) is 0 Å². The minimum atomic E-state index is -0.402.